The average molecular weight is 288 g/mol. The van der Waals surface area contributed by atoms with E-state index >= 15 is 0 Å². The van der Waals surface area contributed by atoms with E-state index in [0.29, 0.717) is 0 Å². The van der Waals surface area contributed by atoms with Crippen molar-refractivity contribution in [2.45, 2.75) is 33.6 Å². The number of nitrogens with one attached hydrogen (secondary N) is 1. The Hall–Kier alpha value is -2.30. The molecule has 114 valence electrons. The first kappa shape index (κ1) is 16.8. The summed E-state index contributed by atoms with van der Waals surface area (Å²) in [6.45, 7) is 5.96. The van der Waals surface area contributed by atoms with Crippen LogP contribution in [-0.2, 0) is 0 Å². The van der Waals surface area contributed by atoms with Gasteiger partial charge in [-0.1, -0.05) is 37.6 Å². The summed E-state index contributed by atoms with van der Waals surface area (Å²) in [7, 11) is 1.70. The number of rotatable bonds is 4. The minimum absolute atomic E-state index is 0.287. The average Bonchev–Trinajstić information content (AvgIpc) is 2.42. The number of allylic oxidation sites excluding steroid dienone is 1. The van der Waals surface area contributed by atoms with Gasteiger partial charge in [-0.3, -0.25) is 10.3 Å². The molecular formula is C16H24N4O. The van der Waals surface area contributed by atoms with E-state index in [-0.39, 0.29) is 12.0 Å². The Balaban J connectivity index is 3.06. The highest BCUT2D eigenvalue weighted by Crippen LogP contribution is 2.24. The second-order valence-corrected chi connectivity index (χ2v) is 5.01. The molecule has 1 aromatic carbocycles. The molecule has 0 heterocycles. The van der Waals surface area contributed by atoms with Crippen LogP contribution in [0.5, 0.6) is 0 Å². The van der Waals surface area contributed by atoms with Crippen molar-refractivity contribution < 1.29 is 4.79 Å². The molecule has 5 nitrogen and oxygen atoms in total. The minimum Gasteiger partial charge on any atom is -0.369 e. The molecule has 0 fully saturated rings. The van der Waals surface area contributed by atoms with Gasteiger partial charge in [-0.25, -0.2) is 9.69 Å². The van der Waals surface area contributed by atoms with E-state index in [1.165, 1.54) is 4.90 Å². The Labute approximate surface area is 126 Å². The zero-order valence-electron chi connectivity index (χ0n) is 13.2. The van der Waals surface area contributed by atoms with Gasteiger partial charge in [0.05, 0.1) is 5.69 Å². The number of guanidine groups is 1. The number of carbonyl (C=O) groups is 1. The third-order valence-electron chi connectivity index (χ3n) is 3.24. The van der Waals surface area contributed by atoms with E-state index < -0.39 is 0 Å². The molecule has 0 aliphatic heterocycles. The standard InChI is InChI=1S/C16H24N4O/c1-5-6-7-11-20(15(17)18)16(21)19(4)14-12(2)9-8-10-13(14)3/h7-11H,5-6H2,1-4H3,(H3,17,18). The third-order valence-corrected chi connectivity index (χ3v) is 3.24. The maximum atomic E-state index is 12.6. The lowest BCUT2D eigenvalue weighted by Crippen LogP contribution is -2.45. The van der Waals surface area contributed by atoms with Crippen molar-refractivity contribution in [1.82, 2.24) is 4.90 Å². The van der Waals surface area contributed by atoms with Gasteiger partial charge in [0.15, 0.2) is 0 Å². The largest absolute Gasteiger partial charge is 0.369 e. The number of amides is 2. The molecule has 0 spiro atoms. The van der Waals surface area contributed by atoms with Crippen molar-refractivity contribution in [3.05, 3.63) is 41.6 Å². The molecule has 3 N–H and O–H groups in total. The van der Waals surface area contributed by atoms with Gasteiger partial charge in [-0.2, -0.15) is 0 Å². The summed E-state index contributed by atoms with van der Waals surface area (Å²) >= 11 is 0. The monoisotopic (exact) mass is 288 g/mol. The van der Waals surface area contributed by atoms with Gasteiger partial charge < -0.3 is 5.73 Å². The molecule has 0 aliphatic rings. The predicted molar refractivity (Wildman–Crippen MR) is 87.5 cm³/mol. The van der Waals surface area contributed by atoms with Gasteiger partial charge in [-0.05, 0) is 31.4 Å². The fourth-order valence-corrected chi connectivity index (χ4v) is 2.19. The van der Waals surface area contributed by atoms with E-state index in [4.69, 9.17) is 11.1 Å². The minimum atomic E-state index is -0.341. The van der Waals surface area contributed by atoms with Gasteiger partial charge in [0.1, 0.15) is 0 Å². The summed E-state index contributed by atoms with van der Waals surface area (Å²) in [6, 6.07) is 5.53. The van der Waals surface area contributed by atoms with Crippen LogP contribution in [0, 0.1) is 19.3 Å². The van der Waals surface area contributed by atoms with Gasteiger partial charge >= 0.3 is 6.03 Å². The van der Waals surface area contributed by atoms with E-state index in [0.717, 1.165) is 34.6 Å². The smallest absolute Gasteiger partial charge is 0.335 e. The van der Waals surface area contributed by atoms with Gasteiger partial charge in [0, 0.05) is 13.2 Å². The SMILES string of the molecule is CCCC=CN(C(=N)N)C(=O)N(C)c1c(C)cccc1C. The highest BCUT2D eigenvalue weighted by molar-refractivity contribution is 6.03. The molecule has 2 amide bonds. The van der Waals surface area contributed by atoms with Gasteiger partial charge in [0.25, 0.3) is 0 Å². The van der Waals surface area contributed by atoms with Crippen LogP contribution in [0.15, 0.2) is 30.5 Å². The number of carbonyl (C=O) groups excluding carboxylic acids is 1. The first-order valence-electron chi connectivity index (χ1n) is 7.04. The second kappa shape index (κ2) is 7.47. The van der Waals surface area contributed by atoms with Crippen molar-refractivity contribution >= 4 is 17.7 Å². The van der Waals surface area contributed by atoms with Crippen LogP contribution in [0.25, 0.3) is 0 Å². The number of para-hydroxylation sites is 1. The Morgan fingerprint density at radius 2 is 1.90 bits per heavy atom. The highest BCUT2D eigenvalue weighted by atomic mass is 16.2. The molecule has 0 unspecified atom stereocenters. The van der Waals surface area contributed by atoms with Crippen LogP contribution in [0.3, 0.4) is 0 Å². The van der Waals surface area contributed by atoms with E-state index in [1.54, 1.807) is 13.2 Å². The zero-order chi connectivity index (χ0) is 16.0. The summed E-state index contributed by atoms with van der Waals surface area (Å²) in [5, 5.41) is 7.59. The number of hydrogen-bond donors (Lipinski definition) is 2. The van der Waals surface area contributed by atoms with Crippen molar-refractivity contribution in [2.75, 3.05) is 11.9 Å². The Kier molecular flexibility index (Phi) is 5.96. The lowest BCUT2D eigenvalue weighted by molar-refractivity contribution is 0.236. The Morgan fingerprint density at radius 3 is 2.38 bits per heavy atom. The molecular weight excluding hydrogens is 264 g/mol. The van der Waals surface area contributed by atoms with Crippen LogP contribution in [0.1, 0.15) is 30.9 Å². The number of hydrogen-bond acceptors (Lipinski definition) is 2. The maximum Gasteiger partial charge on any atom is 0.335 e. The van der Waals surface area contributed by atoms with Crippen LogP contribution >= 0.6 is 0 Å². The molecule has 0 aromatic heterocycles. The summed E-state index contributed by atoms with van der Waals surface area (Å²) in [5.41, 5.74) is 8.38. The summed E-state index contributed by atoms with van der Waals surface area (Å²) in [4.78, 5) is 15.2. The highest BCUT2D eigenvalue weighted by Gasteiger charge is 2.21. The van der Waals surface area contributed by atoms with Crippen LogP contribution in [-0.4, -0.2) is 23.9 Å². The Bertz CT molecular complexity index is 531. The molecule has 0 aliphatic carbocycles. The number of aryl methyl sites for hydroxylation is 2. The normalized spacial score (nSPS) is 10.7. The second-order valence-electron chi connectivity index (χ2n) is 5.01. The summed E-state index contributed by atoms with van der Waals surface area (Å²) in [6.07, 6.45) is 5.23. The number of nitrogens with two attached hydrogens (primary N) is 1. The molecule has 21 heavy (non-hydrogen) atoms. The molecule has 0 saturated carbocycles. The maximum absolute atomic E-state index is 12.6. The van der Waals surface area contributed by atoms with Gasteiger partial charge in [-0.15, -0.1) is 0 Å². The summed E-state index contributed by atoms with van der Waals surface area (Å²) < 4.78 is 0. The molecule has 0 radical (unpaired) electrons. The summed E-state index contributed by atoms with van der Waals surface area (Å²) in [5.74, 6) is -0.287. The fraction of sp³-hybridized carbons (Fsp3) is 0.375. The Morgan fingerprint density at radius 1 is 1.33 bits per heavy atom. The molecule has 0 atom stereocenters. The predicted octanol–water partition coefficient (Wildman–Crippen LogP) is 3.37. The number of benzene rings is 1. The topological polar surface area (TPSA) is 73.4 Å². The first-order chi connectivity index (χ1) is 9.90. The molecule has 1 rings (SSSR count). The molecule has 5 heteroatoms. The van der Waals surface area contributed by atoms with Crippen molar-refractivity contribution in [1.29, 1.82) is 5.41 Å². The molecule has 1 aromatic rings. The van der Waals surface area contributed by atoms with E-state index in [9.17, 15) is 4.79 Å². The first-order valence-corrected chi connectivity index (χ1v) is 7.04. The van der Waals surface area contributed by atoms with Gasteiger partial charge in [0.2, 0.25) is 5.96 Å². The van der Waals surface area contributed by atoms with Crippen LogP contribution in [0.4, 0.5) is 10.5 Å². The number of unbranched alkanes of at least 4 members (excludes halogenated alkanes) is 1. The molecule has 0 saturated heterocycles. The lowest BCUT2D eigenvalue weighted by atomic mass is 10.1. The van der Waals surface area contributed by atoms with Crippen molar-refractivity contribution in [2.24, 2.45) is 5.73 Å². The van der Waals surface area contributed by atoms with Crippen molar-refractivity contribution in [3.8, 4) is 0 Å². The van der Waals surface area contributed by atoms with Crippen LogP contribution < -0.4 is 10.6 Å². The van der Waals surface area contributed by atoms with E-state index in [1.807, 2.05) is 45.0 Å². The quantitative estimate of drug-likeness (QED) is 0.658. The number of urea groups is 1. The zero-order valence-corrected chi connectivity index (χ0v) is 13.2. The number of anilines is 1. The van der Waals surface area contributed by atoms with Crippen molar-refractivity contribution in [3.63, 3.8) is 0 Å². The lowest BCUT2D eigenvalue weighted by Gasteiger charge is -2.26. The number of nitrogens with zero attached hydrogens (tertiary/aromatic N) is 2. The fourth-order valence-electron chi connectivity index (χ4n) is 2.19. The third kappa shape index (κ3) is 4.08. The van der Waals surface area contributed by atoms with E-state index in [2.05, 4.69) is 0 Å². The molecule has 0 bridgehead atoms. The van der Waals surface area contributed by atoms with Crippen LogP contribution in [0.2, 0.25) is 0 Å².